The molecule has 3 rings (SSSR count). The maximum absolute atomic E-state index is 13.1. The lowest BCUT2D eigenvalue weighted by molar-refractivity contribution is 0.395. The molecule has 0 radical (unpaired) electrons. The Labute approximate surface area is 185 Å². The lowest BCUT2D eigenvalue weighted by atomic mass is 10.0. The number of halogens is 2. The van der Waals surface area contributed by atoms with Gasteiger partial charge in [-0.2, -0.15) is 5.10 Å². The molecule has 1 heterocycles. The fourth-order valence-corrected chi connectivity index (χ4v) is 5.51. The number of rotatable bonds is 6. The van der Waals surface area contributed by atoms with Crippen LogP contribution in [0.3, 0.4) is 0 Å². The maximum atomic E-state index is 13.1. The van der Waals surface area contributed by atoms with Crippen LogP contribution in [0, 0.1) is 13.8 Å². The molecule has 0 saturated carbocycles. The molecule has 160 valence electrons. The molecule has 0 aliphatic rings. The summed E-state index contributed by atoms with van der Waals surface area (Å²) in [6.45, 7) is 3.48. The molecule has 7 nitrogen and oxygen atoms in total. The Kier molecular flexibility index (Phi) is 6.21. The summed E-state index contributed by atoms with van der Waals surface area (Å²) in [5.74, 6) is 1.16. The van der Waals surface area contributed by atoms with E-state index in [9.17, 15) is 8.42 Å². The number of methoxy groups -OCH3 is 2. The van der Waals surface area contributed by atoms with Crippen LogP contribution in [-0.4, -0.2) is 32.4 Å². The normalized spacial score (nSPS) is 11.4. The first-order valence-electron chi connectivity index (χ1n) is 8.83. The van der Waals surface area contributed by atoms with Crippen molar-refractivity contribution in [2.75, 3.05) is 18.9 Å². The number of ether oxygens (including phenoxy) is 2. The molecule has 0 atom stereocenters. The summed E-state index contributed by atoms with van der Waals surface area (Å²) in [7, 11) is 0.770. The first-order chi connectivity index (χ1) is 14.1. The molecule has 0 spiro atoms. The lowest BCUT2D eigenvalue weighted by Crippen LogP contribution is -2.15. The van der Waals surface area contributed by atoms with Crippen LogP contribution in [0.2, 0.25) is 10.0 Å². The third kappa shape index (κ3) is 4.08. The number of hydrogen-bond acceptors (Lipinski definition) is 5. The average molecular weight is 470 g/mol. The van der Waals surface area contributed by atoms with Gasteiger partial charge in [0.2, 0.25) is 0 Å². The number of aromatic nitrogens is 2. The molecule has 0 saturated heterocycles. The minimum atomic E-state index is -4.05. The van der Waals surface area contributed by atoms with E-state index in [2.05, 4.69) is 9.82 Å². The van der Waals surface area contributed by atoms with Gasteiger partial charge in [-0.15, -0.1) is 0 Å². The topological polar surface area (TPSA) is 82.5 Å². The Balaban J connectivity index is 2.07. The van der Waals surface area contributed by atoms with E-state index in [0.717, 1.165) is 0 Å². The minimum absolute atomic E-state index is 0.0120. The third-order valence-electron chi connectivity index (χ3n) is 4.73. The van der Waals surface area contributed by atoms with E-state index < -0.39 is 10.0 Å². The number of anilines is 1. The Morgan fingerprint density at radius 1 is 1.03 bits per heavy atom. The summed E-state index contributed by atoms with van der Waals surface area (Å²) in [6.07, 6.45) is 0. The second-order valence-corrected chi connectivity index (χ2v) is 9.04. The SMILES string of the molecule is COc1ccc(-c2cc(Cl)c(S(=O)(=O)Nc3c(C)nn(C)c3C)c(Cl)c2)c(OC)c1. The number of sulfonamides is 1. The molecule has 3 aromatic rings. The van der Waals surface area contributed by atoms with Gasteiger partial charge in [0.25, 0.3) is 10.0 Å². The van der Waals surface area contributed by atoms with Gasteiger partial charge in [0.05, 0.1) is 41.3 Å². The molecule has 10 heteroatoms. The second kappa shape index (κ2) is 8.37. The van der Waals surface area contributed by atoms with Crippen LogP contribution in [-0.2, 0) is 17.1 Å². The van der Waals surface area contributed by atoms with Crippen molar-refractivity contribution in [1.82, 2.24) is 9.78 Å². The van der Waals surface area contributed by atoms with Crippen LogP contribution in [0.25, 0.3) is 11.1 Å². The molecule has 1 N–H and O–H groups in total. The van der Waals surface area contributed by atoms with E-state index in [4.69, 9.17) is 32.7 Å². The quantitative estimate of drug-likeness (QED) is 0.558. The molecule has 1 aromatic heterocycles. The van der Waals surface area contributed by atoms with E-state index in [1.165, 1.54) is 19.2 Å². The van der Waals surface area contributed by atoms with Crippen molar-refractivity contribution in [2.24, 2.45) is 7.05 Å². The van der Waals surface area contributed by atoms with Gasteiger partial charge in [-0.1, -0.05) is 23.2 Å². The summed E-state index contributed by atoms with van der Waals surface area (Å²) in [5, 5.41) is 4.20. The number of aryl methyl sites for hydroxylation is 2. The van der Waals surface area contributed by atoms with Crippen molar-refractivity contribution in [3.63, 3.8) is 0 Å². The van der Waals surface area contributed by atoms with Crippen LogP contribution in [0.15, 0.2) is 35.2 Å². The highest BCUT2D eigenvalue weighted by Crippen LogP contribution is 2.40. The standard InChI is InChI=1S/C20H21Cl2N3O4S/c1-11-19(12(2)25(3)23-11)24-30(26,27)20-16(21)8-13(9-17(20)22)15-7-6-14(28-4)10-18(15)29-5/h6-10,24H,1-5H3. The van der Waals surface area contributed by atoms with Crippen molar-refractivity contribution in [3.05, 3.63) is 51.8 Å². The molecular weight excluding hydrogens is 449 g/mol. The number of hydrogen-bond donors (Lipinski definition) is 1. The van der Waals surface area contributed by atoms with Gasteiger partial charge < -0.3 is 9.47 Å². The highest BCUT2D eigenvalue weighted by atomic mass is 35.5. The highest BCUT2D eigenvalue weighted by molar-refractivity contribution is 7.93. The van der Waals surface area contributed by atoms with Crippen LogP contribution in [0.4, 0.5) is 5.69 Å². The van der Waals surface area contributed by atoms with E-state index in [1.54, 1.807) is 50.9 Å². The van der Waals surface area contributed by atoms with Crippen molar-refractivity contribution in [1.29, 1.82) is 0 Å². The van der Waals surface area contributed by atoms with Gasteiger partial charge in [0, 0.05) is 18.7 Å². The molecule has 30 heavy (non-hydrogen) atoms. The van der Waals surface area contributed by atoms with Crippen LogP contribution in [0.1, 0.15) is 11.4 Å². The summed E-state index contributed by atoms with van der Waals surface area (Å²) in [4.78, 5) is -0.204. The molecule has 0 amide bonds. The number of benzene rings is 2. The van der Waals surface area contributed by atoms with E-state index in [-0.39, 0.29) is 14.9 Å². The predicted molar refractivity (Wildman–Crippen MR) is 118 cm³/mol. The molecular formula is C20H21Cl2N3O4S. The average Bonchev–Trinajstić information content (AvgIpc) is 2.92. The van der Waals surface area contributed by atoms with E-state index in [0.29, 0.717) is 39.7 Å². The minimum Gasteiger partial charge on any atom is -0.497 e. The molecule has 0 aliphatic heterocycles. The smallest absolute Gasteiger partial charge is 0.264 e. The largest absolute Gasteiger partial charge is 0.497 e. The second-order valence-electron chi connectivity index (χ2n) is 6.61. The monoisotopic (exact) mass is 469 g/mol. The van der Waals surface area contributed by atoms with Crippen molar-refractivity contribution < 1.29 is 17.9 Å². The molecule has 2 aromatic carbocycles. The molecule has 0 aliphatic carbocycles. The number of nitrogens with zero attached hydrogens (tertiary/aromatic N) is 2. The third-order valence-corrected chi connectivity index (χ3v) is 7.00. The Hall–Kier alpha value is -2.42. The van der Waals surface area contributed by atoms with Crippen LogP contribution in [0.5, 0.6) is 11.5 Å². The fraction of sp³-hybridized carbons (Fsp3) is 0.250. The van der Waals surface area contributed by atoms with Gasteiger partial charge in [-0.05, 0) is 43.7 Å². The summed E-state index contributed by atoms with van der Waals surface area (Å²) in [6, 6.07) is 8.34. The van der Waals surface area contributed by atoms with Crippen molar-refractivity contribution in [2.45, 2.75) is 18.7 Å². The highest BCUT2D eigenvalue weighted by Gasteiger charge is 2.26. The first kappa shape index (κ1) is 22.3. The zero-order valence-corrected chi connectivity index (χ0v) is 19.4. The molecule has 0 unspecified atom stereocenters. The lowest BCUT2D eigenvalue weighted by Gasteiger charge is -2.15. The summed E-state index contributed by atoms with van der Waals surface area (Å²) in [5.41, 5.74) is 2.91. The van der Waals surface area contributed by atoms with E-state index in [1.807, 2.05) is 0 Å². The van der Waals surface area contributed by atoms with Gasteiger partial charge in [-0.3, -0.25) is 9.40 Å². The zero-order chi connectivity index (χ0) is 22.2. The zero-order valence-electron chi connectivity index (χ0n) is 17.1. The summed E-state index contributed by atoms with van der Waals surface area (Å²) >= 11 is 12.8. The van der Waals surface area contributed by atoms with Crippen molar-refractivity contribution in [3.8, 4) is 22.6 Å². The van der Waals surface area contributed by atoms with Gasteiger partial charge >= 0.3 is 0 Å². The van der Waals surface area contributed by atoms with Gasteiger partial charge in [0.1, 0.15) is 16.4 Å². The van der Waals surface area contributed by atoms with Crippen molar-refractivity contribution >= 4 is 38.9 Å². The maximum Gasteiger partial charge on any atom is 0.264 e. The van der Waals surface area contributed by atoms with Crippen LogP contribution < -0.4 is 14.2 Å². The van der Waals surface area contributed by atoms with Gasteiger partial charge in [-0.25, -0.2) is 8.42 Å². The Morgan fingerprint density at radius 2 is 1.67 bits per heavy atom. The predicted octanol–water partition coefficient (Wildman–Crippen LogP) is 4.83. The number of nitrogens with one attached hydrogen (secondary N) is 1. The van der Waals surface area contributed by atoms with Crippen LogP contribution >= 0.6 is 23.2 Å². The van der Waals surface area contributed by atoms with E-state index >= 15 is 0 Å². The summed E-state index contributed by atoms with van der Waals surface area (Å²) < 4.78 is 40.9. The Bertz CT molecular complexity index is 1200. The first-order valence-corrected chi connectivity index (χ1v) is 11.1. The molecule has 0 bridgehead atoms. The van der Waals surface area contributed by atoms with Gasteiger partial charge in [0.15, 0.2) is 0 Å². The Morgan fingerprint density at radius 3 is 2.17 bits per heavy atom. The molecule has 0 fully saturated rings. The fourth-order valence-electron chi connectivity index (χ4n) is 3.12.